The zero-order valence-corrected chi connectivity index (χ0v) is 12.8. The molecule has 6 heteroatoms. The van der Waals surface area contributed by atoms with Gasteiger partial charge >= 0.3 is 0 Å². The topological polar surface area (TPSA) is 67.6 Å². The number of ether oxygens (including phenoxy) is 1. The second-order valence-corrected chi connectivity index (χ2v) is 5.52. The summed E-state index contributed by atoms with van der Waals surface area (Å²) in [5.74, 6) is 0.525. The molecule has 0 saturated carbocycles. The van der Waals surface area contributed by atoms with Gasteiger partial charge in [0.15, 0.2) is 6.61 Å². The van der Waals surface area contributed by atoms with Crippen LogP contribution in [0.3, 0.4) is 0 Å². The van der Waals surface area contributed by atoms with Gasteiger partial charge in [-0.25, -0.2) is 0 Å². The maximum atomic E-state index is 11.7. The maximum absolute atomic E-state index is 11.7. The lowest BCUT2D eigenvalue weighted by molar-refractivity contribution is -0.123. The standard InChI is InChI=1S/C15H21N3O2S/c16-15(21)12-3-5-13(6-4-12)20-11-14(19)17-7-10-18-8-1-2-9-18/h3-6H,1-2,7-11H2,(H2,16,21)(H,17,19). The van der Waals surface area contributed by atoms with Gasteiger partial charge in [-0.1, -0.05) is 12.2 Å². The van der Waals surface area contributed by atoms with Crippen LogP contribution < -0.4 is 15.8 Å². The number of nitrogens with one attached hydrogen (secondary N) is 1. The zero-order valence-electron chi connectivity index (χ0n) is 12.0. The van der Waals surface area contributed by atoms with Gasteiger partial charge in [0.05, 0.1) is 0 Å². The summed E-state index contributed by atoms with van der Waals surface area (Å²) < 4.78 is 5.42. The molecular weight excluding hydrogens is 286 g/mol. The average Bonchev–Trinajstić information content (AvgIpc) is 2.99. The van der Waals surface area contributed by atoms with Crippen LogP contribution in [-0.4, -0.2) is 48.6 Å². The molecule has 1 aromatic rings. The highest BCUT2D eigenvalue weighted by molar-refractivity contribution is 7.80. The van der Waals surface area contributed by atoms with Crippen LogP contribution >= 0.6 is 12.2 Å². The summed E-state index contributed by atoms with van der Waals surface area (Å²) in [6, 6.07) is 7.07. The molecule has 2 rings (SSSR count). The summed E-state index contributed by atoms with van der Waals surface area (Å²) >= 11 is 4.87. The van der Waals surface area contributed by atoms with Crippen LogP contribution in [0.15, 0.2) is 24.3 Å². The van der Waals surface area contributed by atoms with E-state index in [0.717, 1.165) is 25.2 Å². The highest BCUT2D eigenvalue weighted by atomic mass is 32.1. The molecule has 0 radical (unpaired) electrons. The summed E-state index contributed by atoms with van der Waals surface area (Å²) in [7, 11) is 0. The zero-order chi connectivity index (χ0) is 15.1. The minimum absolute atomic E-state index is 0.0203. The summed E-state index contributed by atoms with van der Waals surface area (Å²) in [6.45, 7) is 3.88. The van der Waals surface area contributed by atoms with Crippen LogP contribution in [0.25, 0.3) is 0 Å². The van der Waals surface area contributed by atoms with E-state index in [0.29, 0.717) is 17.3 Å². The molecule has 0 unspecified atom stereocenters. The number of rotatable bonds is 7. The molecule has 5 nitrogen and oxygen atoms in total. The molecule has 0 atom stereocenters. The number of thiocarbonyl (C=S) groups is 1. The fraction of sp³-hybridized carbons (Fsp3) is 0.467. The third kappa shape index (κ3) is 5.32. The molecule has 21 heavy (non-hydrogen) atoms. The first-order valence-electron chi connectivity index (χ1n) is 7.17. The first-order valence-corrected chi connectivity index (χ1v) is 7.58. The van der Waals surface area contributed by atoms with Gasteiger partial charge in [-0.15, -0.1) is 0 Å². The van der Waals surface area contributed by atoms with E-state index in [1.165, 1.54) is 12.8 Å². The Kier molecular flexibility index (Phi) is 5.95. The molecule has 0 bridgehead atoms. The molecular formula is C15H21N3O2S. The van der Waals surface area contributed by atoms with Crippen molar-refractivity contribution < 1.29 is 9.53 Å². The first kappa shape index (κ1) is 15.7. The second kappa shape index (κ2) is 7.95. The lowest BCUT2D eigenvalue weighted by Gasteiger charge is -2.14. The minimum Gasteiger partial charge on any atom is -0.484 e. The fourth-order valence-corrected chi connectivity index (χ4v) is 2.41. The Hall–Kier alpha value is -1.66. The number of carbonyl (C=O) groups is 1. The number of likely N-dealkylation sites (tertiary alicyclic amines) is 1. The molecule has 114 valence electrons. The molecule has 0 aromatic heterocycles. The third-order valence-corrected chi connectivity index (χ3v) is 3.69. The molecule has 1 saturated heterocycles. The van der Waals surface area contributed by atoms with Gasteiger partial charge < -0.3 is 20.7 Å². The Morgan fingerprint density at radius 1 is 1.29 bits per heavy atom. The molecule has 1 fully saturated rings. The Bertz CT molecular complexity index is 484. The predicted molar refractivity (Wildman–Crippen MR) is 86.5 cm³/mol. The summed E-state index contributed by atoms with van der Waals surface area (Å²) in [4.78, 5) is 14.4. The lowest BCUT2D eigenvalue weighted by atomic mass is 10.2. The van der Waals surface area contributed by atoms with E-state index in [1.807, 2.05) is 0 Å². The van der Waals surface area contributed by atoms with Crippen molar-refractivity contribution in [2.24, 2.45) is 5.73 Å². The number of benzene rings is 1. The van der Waals surface area contributed by atoms with Gasteiger partial charge in [-0.05, 0) is 50.2 Å². The van der Waals surface area contributed by atoms with Gasteiger partial charge in [-0.2, -0.15) is 0 Å². The quantitative estimate of drug-likeness (QED) is 0.733. The predicted octanol–water partition coefficient (Wildman–Crippen LogP) is 0.912. The first-order chi connectivity index (χ1) is 10.1. The molecule has 1 aromatic carbocycles. The molecule has 0 aliphatic carbocycles. The van der Waals surface area contributed by atoms with Crippen LogP contribution in [0.4, 0.5) is 0 Å². The number of carbonyl (C=O) groups excluding carboxylic acids is 1. The number of nitrogens with zero attached hydrogens (tertiary/aromatic N) is 1. The van der Waals surface area contributed by atoms with Crippen molar-refractivity contribution in [1.82, 2.24) is 10.2 Å². The average molecular weight is 307 g/mol. The molecule has 1 amide bonds. The highest BCUT2D eigenvalue weighted by Crippen LogP contribution is 2.11. The van der Waals surface area contributed by atoms with Crippen molar-refractivity contribution in [3.63, 3.8) is 0 Å². The highest BCUT2D eigenvalue weighted by Gasteiger charge is 2.11. The van der Waals surface area contributed by atoms with Crippen LogP contribution in [0.5, 0.6) is 5.75 Å². The van der Waals surface area contributed by atoms with Gasteiger partial charge in [0.2, 0.25) is 0 Å². The van der Waals surface area contributed by atoms with Gasteiger partial charge in [0, 0.05) is 18.7 Å². The van der Waals surface area contributed by atoms with Crippen molar-refractivity contribution in [2.45, 2.75) is 12.8 Å². The summed E-state index contributed by atoms with van der Waals surface area (Å²) in [5.41, 5.74) is 6.30. The van der Waals surface area contributed by atoms with E-state index in [1.54, 1.807) is 24.3 Å². The molecule has 3 N–H and O–H groups in total. The molecule has 1 aliphatic heterocycles. The van der Waals surface area contributed by atoms with Crippen molar-refractivity contribution in [3.05, 3.63) is 29.8 Å². The number of amides is 1. The van der Waals surface area contributed by atoms with E-state index < -0.39 is 0 Å². The van der Waals surface area contributed by atoms with Crippen molar-refractivity contribution >= 4 is 23.1 Å². The Labute approximate surface area is 130 Å². The van der Waals surface area contributed by atoms with Gasteiger partial charge in [0.1, 0.15) is 10.7 Å². The number of hydrogen-bond donors (Lipinski definition) is 2. The van der Waals surface area contributed by atoms with Crippen LogP contribution in [0.2, 0.25) is 0 Å². The second-order valence-electron chi connectivity index (χ2n) is 5.08. The molecule has 1 aliphatic rings. The van der Waals surface area contributed by atoms with E-state index in [4.69, 9.17) is 22.7 Å². The van der Waals surface area contributed by atoms with Crippen molar-refractivity contribution in [3.8, 4) is 5.75 Å². The number of nitrogens with two attached hydrogens (primary N) is 1. The maximum Gasteiger partial charge on any atom is 0.257 e. The molecule has 0 spiro atoms. The fourth-order valence-electron chi connectivity index (χ4n) is 2.28. The van der Waals surface area contributed by atoms with Gasteiger partial charge in [-0.3, -0.25) is 4.79 Å². The van der Waals surface area contributed by atoms with Crippen LogP contribution in [0, 0.1) is 0 Å². The van der Waals surface area contributed by atoms with Crippen LogP contribution in [0.1, 0.15) is 18.4 Å². The minimum atomic E-state index is -0.104. The summed E-state index contributed by atoms with van der Waals surface area (Å²) in [6.07, 6.45) is 2.53. The monoisotopic (exact) mass is 307 g/mol. The van der Waals surface area contributed by atoms with Crippen molar-refractivity contribution in [2.75, 3.05) is 32.8 Å². The molecule has 1 heterocycles. The van der Waals surface area contributed by atoms with Gasteiger partial charge in [0.25, 0.3) is 5.91 Å². The van der Waals surface area contributed by atoms with E-state index in [2.05, 4.69) is 10.2 Å². The smallest absolute Gasteiger partial charge is 0.257 e. The van der Waals surface area contributed by atoms with E-state index >= 15 is 0 Å². The lowest BCUT2D eigenvalue weighted by Crippen LogP contribution is -2.35. The largest absolute Gasteiger partial charge is 0.484 e. The Balaban J connectivity index is 1.64. The normalized spacial score (nSPS) is 14.9. The SMILES string of the molecule is NC(=S)c1ccc(OCC(=O)NCCN2CCCC2)cc1. The van der Waals surface area contributed by atoms with Crippen molar-refractivity contribution in [1.29, 1.82) is 0 Å². The summed E-state index contributed by atoms with van der Waals surface area (Å²) in [5, 5.41) is 2.86. The van der Waals surface area contributed by atoms with Crippen LogP contribution in [-0.2, 0) is 4.79 Å². The van der Waals surface area contributed by atoms with E-state index in [-0.39, 0.29) is 12.5 Å². The number of hydrogen-bond acceptors (Lipinski definition) is 4. The Morgan fingerprint density at radius 3 is 2.57 bits per heavy atom. The third-order valence-electron chi connectivity index (χ3n) is 3.46. The Morgan fingerprint density at radius 2 is 1.95 bits per heavy atom. The van der Waals surface area contributed by atoms with E-state index in [9.17, 15) is 4.79 Å².